The van der Waals surface area contributed by atoms with Gasteiger partial charge in [0, 0.05) is 17.1 Å². The van der Waals surface area contributed by atoms with E-state index in [1.54, 1.807) is 4.90 Å². The van der Waals surface area contributed by atoms with Gasteiger partial charge >= 0.3 is 0 Å². The first-order chi connectivity index (χ1) is 8.93. The van der Waals surface area contributed by atoms with Crippen LogP contribution in [-0.4, -0.2) is 36.3 Å². The Balaban J connectivity index is 2.97. The smallest absolute Gasteiger partial charge is 0.231 e. The minimum Gasteiger partial charge on any atom is -0.369 e. The number of nitrogens with zero attached hydrogens (tertiary/aromatic N) is 1. The summed E-state index contributed by atoms with van der Waals surface area (Å²) in [5.74, 6) is -1.06. The average Bonchev–Trinajstić information content (AvgIpc) is 2.30. The van der Waals surface area contributed by atoms with Crippen LogP contribution in [0.15, 0.2) is 28.7 Å². The Morgan fingerprint density at radius 2 is 1.58 bits per heavy atom. The molecule has 0 bridgehead atoms. The number of nitrogens with two attached hydrogens (primary N) is 3. The minimum absolute atomic E-state index is 0.0686. The van der Waals surface area contributed by atoms with Gasteiger partial charge in [0.2, 0.25) is 11.8 Å². The molecule has 0 aliphatic heterocycles. The third-order valence-electron chi connectivity index (χ3n) is 2.64. The first kappa shape index (κ1) is 15.6. The Bertz CT molecular complexity index is 434. The summed E-state index contributed by atoms with van der Waals surface area (Å²) < 4.78 is 0.934. The van der Waals surface area contributed by atoms with E-state index in [4.69, 9.17) is 17.2 Å². The van der Waals surface area contributed by atoms with E-state index in [9.17, 15) is 9.59 Å². The molecule has 0 fully saturated rings. The van der Waals surface area contributed by atoms with E-state index in [1.807, 2.05) is 24.3 Å². The molecule has 0 spiro atoms. The summed E-state index contributed by atoms with van der Waals surface area (Å²) in [4.78, 5) is 23.7. The standard InChI is InChI=1S/C12H17BrN4O2/c13-9-3-1-8(2-4-9)10(5-14)17(6-11(15)18)7-12(16)19/h1-4,10H,5-7,14H2,(H2,15,18)(H2,16,19). The van der Waals surface area contributed by atoms with Crippen LogP contribution in [0.25, 0.3) is 0 Å². The van der Waals surface area contributed by atoms with Crippen LogP contribution in [-0.2, 0) is 9.59 Å². The molecule has 1 rings (SSSR count). The van der Waals surface area contributed by atoms with E-state index >= 15 is 0 Å². The van der Waals surface area contributed by atoms with Crippen molar-refractivity contribution in [2.24, 2.45) is 17.2 Å². The zero-order valence-electron chi connectivity index (χ0n) is 10.4. The molecule has 1 atom stereocenters. The average molecular weight is 329 g/mol. The van der Waals surface area contributed by atoms with Crippen LogP contribution in [0.4, 0.5) is 0 Å². The van der Waals surface area contributed by atoms with Crippen LogP contribution in [0.3, 0.4) is 0 Å². The van der Waals surface area contributed by atoms with E-state index in [0.29, 0.717) is 0 Å². The second-order valence-electron chi connectivity index (χ2n) is 4.14. The van der Waals surface area contributed by atoms with Crippen molar-refractivity contribution in [2.75, 3.05) is 19.6 Å². The van der Waals surface area contributed by atoms with Crippen LogP contribution in [0, 0.1) is 0 Å². The fraction of sp³-hybridized carbons (Fsp3) is 0.333. The molecule has 6 nitrogen and oxygen atoms in total. The van der Waals surface area contributed by atoms with Gasteiger partial charge in [-0.3, -0.25) is 14.5 Å². The van der Waals surface area contributed by atoms with Crippen LogP contribution in [0.2, 0.25) is 0 Å². The lowest BCUT2D eigenvalue weighted by Gasteiger charge is -2.29. The molecule has 0 saturated carbocycles. The maximum atomic E-state index is 11.1. The maximum absolute atomic E-state index is 11.1. The second-order valence-corrected chi connectivity index (χ2v) is 5.06. The van der Waals surface area contributed by atoms with Crippen molar-refractivity contribution in [3.8, 4) is 0 Å². The second kappa shape index (κ2) is 7.22. The molecule has 19 heavy (non-hydrogen) atoms. The van der Waals surface area contributed by atoms with Gasteiger partial charge < -0.3 is 17.2 Å². The topological polar surface area (TPSA) is 115 Å². The molecule has 0 aromatic heterocycles. The number of carbonyl (C=O) groups is 2. The molecule has 1 unspecified atom stereocenters. The normalized spacial score (nSPS) is 12.4. The van der Waals surface area contributed by atoms with Gasteiger partial charge in [-0.1, -0.05) is 28.1 Å². The first-order valence-electron chi connectivity index (χ1n) is 5.70. The lowest BCUT2D eigenvalue weighted by Crippen LogP contribution is -2.44. The maximum Gasteiger partial charge on any atom is 0.231 e. The SMILES string of the molecule is NCC(c1ccc(Br)cc1)N(CC(N)=O)CC(N)=O. The number of halogens is 1. The molecule has 104 valence electrons. The Labute approximate surface area is 120 Å². The van der Waals surface area contributed by atoms with Crippen molar-refractivity contribution >= 4 is 27.7 Å². The van der Waals surface area contributed by atoms with Gasteiger partial charge in [-0.25, -0.2) is 0 Å². The van der Waals surface area contributed by atoms with Crippen molar-refractivity contribution in [3.63, 3.8) is 0 Å². The molecule has 1 aromatic rings. The largest absolute Gasteiger partial charge is 0.369 e. The number of primary amides is 2. The van der Waals surface area contributed by atoms with Gasteiger partial charge in [0.15, 0.2) is 0 Å². The van der Waals surface area contributed by atoms with Gasteiger partial charge in [0.1, 0.15) is 0 Å². The summed E-state index contributed by atoms with van der Waals surface area (Å²) in [6.45, 7) is 0.115. The van der Waals surface area contributed by atoms with Gasteiger partial charge in [-0.05, 0) is 17.7 Å². The third kappa shape index (κ3) is 4.98. The van der Waals surface area contributed by atoms with E-state index in [2.05, 4.69) is 15.9 Å². The Morgan fingerprint density at radius 1 is 1.11 bits per heavy atom. The van der Waals surface area contributed by atoms with Crippen molar-refractivity contribution in [1.29, 1.82) is 0 Å². The number of carbonyl (C=O) groups excluding carboxylic acids is 2. The number of benzene rings is 1. The predicted molar refractivity (Wildman–Crippen MR) is 75.9 cm³/mol. The quantitative estimate of drug-likeness (QED) is 0.638. The van der Waals surface area contributed by atoms with Crippen LogP contribution in [0.5, 0.6) is 0 Å². The van der Waals surface area contributed by atoms with Crippen LogP contribution < -0.4 is 17.2 Å². The Hall–Kier alpha value is -1.44. The highest BCUT2D eigenvalue weighted by Gasteiger charge is 2.22. The highest BCUT2D eigenvalue weighted by Crippen LogP contribution is 2.21. The zero-order valence-corrected chi connectivity index (χ0v) is 12.0. The third-order valence-corrected chi connectivity index (χ3v) is 3.17. The van der Waals surface area contributed by atoms with E-state index < -0.39 is 11.8 Å². The van der Waals surface area contributed by atoms with Gasteiger partial charge in [-0.15, -0.1) is 0 Å². The number of hydrogen-bond acceptors (Lipinski definition) is 4. The monoisotopic (exact) mass is 328 g/mol. The molecule has 7 heteroatoms. The van der Waals surface area contributed by atoms with Crippen molar-refractivity contribution in [2.45, 2.75) is 6.04 Å². The summed E-state index contributed by atoms with van der Waals surface area (Å²) in [5, 5.41) is 0. The molecule has 2 amide bonds. The zero-order chi connectivity index (χ0) is 14.4. The summed E-state index contributed by atoms with van der Waals surface area (Å²) in [5.41, 5.74) is 17.0. The molecule has 0 heterocycles. The van der Waals surface area contributed by atoms with Crippen LogP contribution in [0.1, 0.15) is 11.6 Å². The van der Waals surface area contributed by atoms with E-state index in [0.717, 1.165) is 10.0 Å². The minimum atomic E-state index is -0.531. The Kier molecular flexibility index (Phi) is 5.94. The highest BCUT2D eigenvalue weighted by molar-refractivity contribution is 9.10. The lowest BCUT2D eigenvalue weighted by molar-refractivity contribution is -0.122. The van der Waals surface area contributed by atoms with Gasteiger partial charge in [-0.2, -0.15) is 0 Å². The summed E-state index contributed by atoms with van der Waals surface area (Å²) in [6, 6.07) is 7.19. The van der Waals surface area contributed by atoms with Crippen molar-refractivity contribution < 1.29 is 9.59 Å². The molecular formula is C12H17BrN4O2. The highest BCUT2D eigenvalue weighted by atomic mass is 79.9. The van der Waals surface area contributed by atoms with E-state index in [-0.39, 0.29) is 25.7 Å². The van der Waals surface area contributed by atoms with E-state index in [1.165, 1.54) is 0 Å². The molecule has 0 saturated heterocycles. The van der Waals surface area contributed by atoms with Crippen molar-refractivity contribution in [3.05, 3.63) is 34.3 Å². The van der Waals surface area contributed by atoms with Crippen LogP contribution >= 0.6 is 15.9 Å². The summed E-state index contributed by atoms with van der Waals surface area (Å²) in [7, 11) is 0. The Morgan fingerprint density at radius 3 is 1.95 bits per heavy atom. The number of rotatable bonds is 7. The number of hydrogen-bond donors (Lipinski definition) is 3. The fourth-order valence-electron chi connectivity index (χ4n) is 1.86. The molecular weight excluding hydrogens is 312 g/mol. The lowest BCUT2D eigenvalue weighted by atomic mass is 10.1. The fourth-order valence-corrected chi connectivity index (χ4v) is 2.12. The molecule has 0 aliphatic carbocycles. The summed E-state index contributed by atoms with van der Waals surface area (Å²) >= 11 is 3.34. The van der Waals surface area contributed by atoms with Crippen molar-refractivity contribution in [1.82, 2.24) is 4.90 Å². The molecule has 6 N–H and O–H groups in total. The first-order valence-corrected chi connectivity index (χ1v) is 6.49. The van der Waals surface area contributed by atoms with Gasteiger partial charge in [0.25, 0.3) is 0 Å². The summed E-state index contributed by atoms with van der Waals surface area (Å²) in [6.07, 6.45) is 0. The van der Waals surface area contributed by atoms with Gasteiger partial charge in [0.05, 0.1) is 13.1 Å². The predicted octanol–water partition coefficient (Wildman–Crippen LogP) is -0.279. The number of amides is 2. The molecule has 0 aliphatic rings. The molecule has 0 radical (unpaired) electrons. The molecule has 1 aromatic carbocycles.